The van der Waals surface area contributed by atoms with Crippen molar-refractivity contribution in [1.29, 1.82) is 0 Å². The van der Waals surface area contributed by atoms with Gasteiger partial charge in [-0.1, -0.05) is 0 Å². The molecular formula is C7H15N4NaO4. The van der Waals surface area contributed by atoms with Crippen molar-refractivity contribution in [1.82, 2.24) is 9.91 Å². The van der Waals surface area contributed by atoms with Crippen LogP contribution < -0.4 is 29.6 Å². The fourth-order valence-electron chi connectivity index (χ4n) is 1.32. The predicted octanol–water partition coefficient (Wildman–Crippen LogP) is -2.86. The largest absolute Gasteiger partial charge is 1.00 e. The molecule has 0 bridgehead atoms. The second kappa shape index (κ2) is 7.53. The van der Waals surface area contributed by atoms with Crippen LogP contribution in [0.4, 0.5) is 4.79 Å². The molecule has 0 aromatic carbocycles. The van der Waals surface area contributed by atoms with E-state index in [-0.39, 0.29) is 42.0 Å². The number of carbonyl (C=O) groups excluding carboxylic acids is 1. The molecule has 0 aromatic heterocycles. The first-order valence-electron chi connectivity index (χ1n) is 4.68. The van der Waals surface area contributed by atoms with Gasteiger partial charge in [0.25, 0.3) is 0 Å². The quantitative estimate of drug-likeness (QED) is 0.243. The third kappa shape index (κ3) is 4.03. The molecule has 88 valence electrons. The standard InChI is InChI=1S/C7H14N4O4.Na.H/c1-2-15-7(12)9-3-5-10(6-4-9)11(14)8-13;;/h13H,2-6H2,1H3;;/q;+1;-1. The molecule has 9 heteroatoms. The summed E-state index contributed by atoms with van der Waals surface area (Å²) in [5.41, 5.74) is 0. The Balaban J connectivity index is 0. The Kier molecular flexibility index (Phi) is 7.18. The van der Waals surface area contributed by atoms with E-state index in [1.165, 1.54) is 9.91 Å². The minimum atomic E-state index is -0.379. The number of carbonyl (C=O) groups is 1. The van der Waals surface area contributed by atoms with Gasteiger partial charge in [-0.25, -0.2) is 4.79 Å². The molecule has 1 rings (SSSR count). The number of ether oxygens (including phenoxy) is 1. The van der Waals surface area contributed by atoms with Crippen LogP contribution in [0.25, 0.3) is 0 Å². The molecule has 0 spiro atoms. The van der Waals surface area contributed by atoms with E-state index in [0.29, 0.717) is 32.8 Å². The van der Waals surface area contributed by atoms with Gasteiger partial charge in [0.05, 0.1) is 24.7 Å². The Bertz CT molecular complexity index is 260. The molecule has 0 radical (unpaired) electrons. The third-order valence-electron chi connectivity index (χ3n) is 2.10. The Morgan fingerprint density at radius 3 is 2.56 bits per heavy atom. The number of hydrogen-bond donors (Lipinski definition) is 1. The molecule has 1 saturated heterocycles. The summed E-state index contributed by atoms with van der Waals surface area (Å²) in [6.07, 6.45) is -0.379. The van der Waals surface area contributed by atoms with Crippen molar-refractivity contribution >= 4 is 6.09 Å². The van der Waals surface area contributed by atoms with Crippen LogP contribution in [0.15, 0.2) is 5.28 Å². The van der Waals surface area contributed by atoms with Crippen molar-refractivity contribution in [2.24, 2.45) is 5.28 Å². The first-order valence-corrected chi connectivity index (χ1v) is 4.68. The summed E-state index contributed by atoms with van der Waals surface area (Å²) in [7, 11) is 0. The molecule has 1 fully saturated rings. The van der Waals surface area contributed by atoms with Crippen LogP contribution in [0.2, 0.25) is 0 Å². The summed E-state index contributed by atoms with van der Waals surface area (Å²) in [5.74, 6) is 0. The second-order valence-corrected chi connectivity index (χ2v) is 2.98. The normalized spacial score (nSPS) is 16.7. The first kappa shape index (κ1) is 15.3. The van der Waals surface area contributed by atoms with Crippen LogP contribution in [-0.2, 0) is 4.74 Å². The van der Waals surface area contributed by atoms with Crippen LogP contribution in [-0.4, -0.2) is 59.0 Å². The van der Waals surface area contributed by atoms with Crippen LogP contribution in [0.5, 0.6) is 0 Å². The van der Waals surface area contributed by atoms with Crippen molar-refractivity contribution in [2.75, 3.05) is 32.8 Å². The van der Waals surface area contributed by atoms with Crippen molar-refractivity contribution in [3.05, 3.63) is 5.21 Å². The van der Waals surface area contributed by atoms with Crippen LogP contribution in [0, 0.1) is 5.21 Å². The van der Waals surface area contributed by atoms with Crippen LogP contribution >= 0.6 is 0 Å². The van der Waals surface area contributed by atoms with Crippen molar-refractivity contribution in [3.63, 3.8) is 0 Å². The number of piperazine rings is 1. The van der Waals surface area contributed by atoms with Crippen molar-refractivity contribution in [3.8, 4) is 0 Å². The summed E-state index contributed by atoms with van der Waals surface area (Å²) in [6.45, 7) is 3.48. The van der Waals surface area contributed by atoms with E-state index in [2.05, 4.69) is 5.28 Å². The predicted molar refractivity (Wildman–Crippen MR) is 49.1 cm³/mol. The maximum absolute atomic E-state index is 11.3. The molecule has 16 heavy (non-hydrogen) atoms. The minimum absolute atomic E-state index is 0. The topological polar surface area (TPSA) is 91.4 Å². The summed E-state index contributed by atoms with van der Waals surface area (Å²) in [5, 5.41) is 22.9. The van der Waals surface area contributed by atoms with Gasteiger partial charge in [-0.15, -0.1) is 5.01 Å². The Morgan fingerprint density at radius 2 is 2.12 bits per heavy atom. The van der Waals surface area contributed by atoms with E-state index in [0.717, 1.165) is 0 Å². The second-order valence-electron chi connectivity index (χ2n) is 2.98. The van der Waals surface area contributed by atoms with Gasteiger partial charge in [-0.05, 0) is 6.92 Å². The fraction of sp³-hybridized carbons (Fsp3) is 0.857. The Labute approximate surface area is 117 Å². The molecule has 8 nitrogen and oxygen atoms in total. The number of rotatable bonds is 2. The zero-order chi connectivity index (χ0) is 11.3. The molecule has 0 unspecified atom stereocenters. The van der Waals surface area contributed by atoms with Gasteiger partial charge in [0, 0.05) is 13.1 Å². The summed E-state index contributed by atoms with van der Waals surface area (Å²) in [4.78, 5) is 12.9. The van der Waals surface area contributed by atoms with Gasteiger partial charge in [0.1, 0.15) is 0 Å². The van der Waals surface area contributed by atoms with E-state index in [9.17, 15) is 10.0 Å². The Morgan fingerprint density at radius 1 is 1.56 bits per heavy atom. The molecule has 0 atom stereocenters. The molecule has 1 aliphatic rings. The number of hydrogen-bond acceptors (Lipinski definition) is 4. The molecule has 1 heterocycles. The third-order valence-corrected chi connectivity index (χ3v) is 2.10. The number of nitrogens with zero attached hydrogens (tertiary/aromatic N) is 4. The molecular weight excluding hydrogens is 227 g/mol. The molecule has 1 amide bonds. The van der Waals surface area contributed by atoms with Crippen molar-refractivity contribution in [2.45, 2.75) is 6.92 Å². The molecule has 0 aromatic rings. The summed E-state index contributed by atoms with van der Waals surface area (Å²) < 4.78 is 4.81. The minimum Gasteiger partial charge on any atom is -1.00 e. The van der Waals surface area contributed by atoms with Crippen LogP contribution in [0.1, 0.15) is 8.35 Å². The molecule has 1 N–H and O–H groups in total. The van der Waals surface area contributed by atoms with Gasteiger partial charge in [-0.2, -0.15) is 0 Å². The van der Waals surface area contributed by atoms with Gasteiger partial charge >= 0.3 is 35.7 Å². The SMILES string of the molecule is CCOC(=O)N1CCN([N+]([O-])=NO)CC1.[H-].[Na+]. The van der Waals surface area contributed by atoms with E-state index in [1.54, 1.807) is 6.92 Å². The zero-order valence-electron chi connectivity index (χ0n) is 10.5. The van der Waals surface area contributed by atoms with Crippen LogP contribution in [0.3, 0.4) is 0 Å². The molecule has 1 aliphatic heterocycles. The van der Waals surface area contributed by atoms with Gasteiger partial charge < -0.3 is 21.5 Å². The van der Waals surface area contributed by atoms with Gasteiger partial charge in [0.15, 0.2) is 0 Å². The van der Waals surface area contributed by atoms with E-state index >= 15 is 0 Å². The fourth-order valence-corrected chi connectivity index (χ4v) is 1.32. The van der Waals surface area contributed by atoms with E-state index in [4.69, 9.17) is 9.94 Å². The Hall–Kier alpha value is -0.730. The average molecular weight is 242 g/mol. The molecule has 0 saturated carbocycles. The monoisotopic (exact) mass is 242 g/mol. The number of hydrazine groups is 1. The maximum atomic E-state index is 11.3. The van der Waals surface area contributed by atoms with Gasteiger partial charge in [0.2, 0.25) is 5.28 Å². The van der Waals surface area contributed by atoms with E-state index < -0.39 is 0 Å². The summed E-state index contributed by atoms with van der Waals surface area (Å²) in [6, 6.07) is 0. The maximum Gasteiger partial charge on any atom is 1.00 e. The summed E-state index contributed by atoms with van der Waals surface area (Å²) >= 11 is 0. The zero-order valence-corrected chi connectivity index (χ0v) is 11.5. The average Bonchev–Trinajstić information content (AvgIpc) is 2.28. The van der Waals surface area contributed by atoms with Gasteiger partial charge in [-0.3, -0.25) is 0 Å². The first-order chi connectivity index (χ1) is 7.19. The van der Waals surface area contributed by atoms with E-state index in [1.807, 2.05) is 0 Å². The smallest absolute Gasteiger partial charge is 1.00 e. The molecule has 0 aliphatic carbocycles. The van der Waals surface area contributed by atoms with Crippen molar-refractivity contribution < 1.29 is 50.7 Å². The number of amides is 1.